The molecule has 1 N–H and O–H groups in total. The maximum absolute atomic E-state index is 9.56. The van der Waals surface area contributed by atoms with E-state index >= 15 is 0 Å². The minimum Gasteiger partial charge on any atom is -0.376 e. The van der Waals surface area contributed by atoms with Gasteiger partial charge in [0.25, 0.3) is 0 Å². The fourth-order valence-electron chi connectivity index (χ4n) is 1.71. The summed E-state index contributed by atoms with van der Waals surface area (Å²) in [6.45, 7) is 2.36. The van der Waals surface area contributed by atoms with Crippen molar-refractivity contribution in [3.63, 3.8) is 0 Å². The molecule has 0 spiro atoms. The van der Waals surface area contributed by atoms with Crippen molar-refractivity contribution in [2.45, 2.75) is 32.8 Å². The molecule has 6 heteroatoms. The van der Waals surface area contributed by atoms with Gasteiger partial charge in [-0.2, -0.15) is 0 Å². The lowest BCUT2D eigenvalue weighted by Crippen LogP contribution is -2.21. The lowest BCUT2D eigenvalue weighted by molar-refractivity contribution is 0.0400. The van der Waals surface area contributed by atoms with E-state index in [9.17, 15) is 4.89 Å². The zero-order valence-corrected chi connectivity index (χ0v) is 10.9. The third-order valence-electron chi connectivity index (χ3n) is 2.56. The second-order valence-corrected chi connectivity index (χ2v) is 6.39. The summed E-state index contributed by atoms with van der Waals surface area (Å²) in [6.07, 6.45) is 2.19. The molecule has 1 rings (SSSR count). The van der Waals surface area contributed by atoms with E-state index in [-0.39, 0.29) is 6.10 Å². The molecule has 1 aliphatic rings. The summed E-state index contributed by atoms with van der Waals surface area (Å²) in [6, 6.07) is 0. The van der Waals surface area contributed by atoms with Crippen LogP contribution in [-0.2, 0) is 25.6 Å². The van der Waals surface area contributed by atoms with E-state index in [0.717, 1.165) is 19.4 Å². The topological polar surface area (TPSA) is 47.9 Å². The fourth-order valence-corrected chi connectivity index (χ4v) is 2.95. The third kappa shape index (κ3) is 4.47. The quantitative estimate of drug-likeness (QED) is 0.735. The molecule has 0 aromatic carbocycles. The molecular formula is C9H19O4PS. The van der Waals surface area contributed by atoms with Gasteiger partial charge in [-0.25, -0.2) is 0 Å². The first-order valence-corrected chi connectivity index (χ1v) is 7.91. The maximum Gasteiger partial charge on any atom is 0.324 e. The van der Waals surface area contributed by atoms with Gasteiger partial charge in [0.05, 0.1) is 19.3 Å². The highest BCUT2D eigenvalue weighted by molar-refractivity contribution is 8.07. The molecule has 1 heterocycles. The van der Waals surface area contributed by atoms with Crippen LogP contribution >= 0.6 is 6.72 Å². The summed E-state index contributed by atoms with van der Waals surface area (Å²) in [7, 11) is 0. The van der Waals surface area contributed by atoms with Gasteiger partial charge in [0.15, 0.2) is 0 Å². The monoisotopic (exact) mass is 254 g/mol. The molecule has 0 aromatic rings. The van der Waals surface area contributed by atoms with Crippen LogP contribution in [0.4, 0.5) is 0 Å². The van der Waals surface area contributed by atoms with Gasteiger partial charge >= 0.3 is 6.72 Å². The summed E-state index contributed by atoms with van der Waals surface area (Å²) in [5.41, 5.74) is 0. The van der Waals surface area contributed by atoms with E-state index in [0.29, 0.717) is 19.1 Å². The molecule has 0 aromatic heterocycles. The van der Waals surface area contributed by atoms with Crippen molar-refractivity contribution >= 4 is 18.5 Å². The van der Waals surface area contributed by atoms with Crippen LogP contribution in [0.1, 0.15) is 26.7 Å². The Hall–Kier alpha value is 0.490. The summed E-state index contributed by atoms with van der Waals surface area (Å²) in [5.74, 6) is 0.515. The first kappa shape index (κ1) is 13.6. The molecule has 1 saturated heterocycles. The third-order valence-corrected chi connectivity index (χ3v) is 4.26. The average molecular weight is 254 g/mol. The summed E-state index contributed by atoms with van der Waals surface area (Å²) in [4.78, 5) is 9.56. The van der Waals surface area contributed by atoms with Crippen LogP contribution < -0.4 is 0 Å². The highest BCUT2D eigenvalue weighted by Gasteiger charge is 2.28. The molecule has 3 unspecified atom stereocenters. The van der Waals surface area contributed by atoms with Crippen molar-refractivity contribution < 1.29 is 18.7 Å². The van der Waals surface area contributed by atoms with Crippen LogP contribution in [0.5, 0.6) is 0 Å². The normalized spacial score (nSPS) is 30.3. The SMILES string of the molecule is CCOP(O)(=S)OCC1OCCC1CC. The Kier molecular flexibility index (Phi) is 5.68. The molecule has 3 atom stereocenters. The van der Waals surface area contributed by atoms with Crippen LogP contribution in [0, 0.1) is 5.92 Å². The van der Waals surface area contributed by atoms with Crippen LogP contribution in [0.2, 0.25) is 0 Å². The van der Waals surface area contributed by atoms with Crippen LogP contribution in [0.25, 0.3) is 0 Å². The summed E-state index contributed by atoms with van der Waals surface area (Å²) in [5, 5.41) is 0. The van der Waals surface area contributed by atoms with E-state index in [1.165, 1.54) is 0 Å². The van der Waals surface area contributed by atoms with Gasteiger partial charge in [-0.05, 0) is 31.1 Å². The largest absolute Gasteiger partial charge is 0.376 e. The predicted octanol–water partition coefficient (Wildman–Crippen LogP) is 2.07. The second kappa shape index (κ2) is 6.28. The molecule has 15 heavy (non-hydrogen) atoms. The van der Waals surface area contributed by atoms with Crippen LogP contribution in [0.3, 0.4) is 0 Å². The van der Waals surface area contributed by atoms with Gasteiger partial charge in [-0.15, -0.1) is 0 Å². The van der Waals surface area contributed by atoms with Gasteiger partial charge in [0.2, 0.25) is 0 Å². The van der Waals surface area contributed by atoms with Gasteiger partial charge in [-0.3, -0.25) is 0 Å². The Labute approximate surface area is 96.2 Å². The Morgan fingerprint density at radius 1 is 1.47 bits per heavy atom. The highest BCUT2D eigenvalue weighted by atomic mass is 32.5. The van der Waals surface area contributed by atoms with Crippen molar-refractivity contribution in [3.05, 3.63) is 0 Å². The van der Waals surface area contributed by atoms with Crippen molar-refractivity contribution in [2.75, 3.05) is 19.8 Å². The standard InChI is InChI=1S/C9H19O4PS/c1-3-8-5-6-11-9(8)7-13-14(10,15)12-4-2/h8-9H,3-7H2,1-2H3,(H,10,15). The van der Waals surface area contributed by atoms with Crippen LogP contribution in [0.15, 0.2) is 0 Å². The van der Waals surface area contributed by atoms with E-state index < -0.39 is 6.72 Å². The number of hydrogen-bond donors (Lipinski definition) is 1. The van der Waals surface area contributed by atoms with Crippen LogP contribution in [-0.4, -0.2) is 30.8 Å². The summed E-state index contributed by atoms with van der Waals surface area (Å²) < 4.78 is 15.7. The molecule has 1 aliphatic heterocycles. The molecule has 0 amide bonds. The first-order valence-electron chi connectivity index (χ1n) is 5.32. The smallest absolute Gasteiger partial charge is 0.324 e. The van der Waals surface area contributed by atoms with Crippen molar-refractivity contribution in [2.24, 2.45) is 5.92 Å². The Balaban J connectivity index is 2.32. The molecule has 4 nitrogen and oxygen atoms in total. The minimum atomic E-state index is -3.03. The number of rotatable bonds is 6. The molecule has 0 bridgehead atoms. The number of ether oxygens (including phenoxy) is 1. The van der Waals surface area contributed by atoms with E-state index in [1.807, 2.05) is 0 Å². The second-order valence-electron chi connectivity index (χ2n) is 3.55. The first-order chi connectivity index (χ1) is 7.09. The minimum absolute atomic E-state index is 0.0601. The maximum atomic E-state index is 9.56. The predicted molar refractivity (Wildman–Crippen MR) is 62.2 cm³/mol. The van der Waals surface area contributed by atoms with E-state index in [1.54, 1.807) is 6.92 Å². The average Bonchev–Trinajstić information content (AvgIpc) is 2.62. The van der Waals surface area contributed by atoms with E-state index in [2.05, 4.69) is 6.92 Å². The molecule has 0 saturated carbocycles. The number of hydrogen-bond acceptors (Lipinski definition) is 4. The van der Waals surface area contributed by atoms with Gasteiger partial charge in [0, 0.05) is 6.61 Å². The summed E-state index contributed by atoms with van der Waals surface area (Å²) >= 11 is 4.82. The zero-order valence-electron chi connectivity index (χ0n) is 9.22. The Morgan fingerprint density at radius 3 is 2.80 bits per heavy atom. The lowest BCUT2D eigenvalue weighted by atomic mass is 9.99. The fraction of sp³-hybridized carbons (Fsp3) is 1.00. The van der Waals surface area contributed by atoms with Gasteiger partial charge in [0.1, 0.15) is 0 Å². The molecule has 0 radical (unpaired) electrons. The molecular weight excluding hydrogens is 235 g/mol. The molecule has 0 aliphatic carbocycles. The van der Waals surface area contributed by atoms with Gasteiger partial charge < -0.3 is 18.7 Å². The molecule has 90 valence electrons. The van der Waals surface area contributed by atoms with Gasteiger partial charge in [-0.1, -0.05) is 13.3 Å². The van der Waals surface area contributed by atoms with Crippen molar-refractivity contribution in [1.29, 1.82) is 0 Å². The van der Waals surface area contributed by atoms with Crippen molar-refractivity contribution in [1.82, 2.24) is 0 Å². The Morgan fingerprint density at radius 2 is 2.20 bits per heavy atom. The van der Waals surface area contributed by atoms with E-state index in [4.69, 9.17) is 25.6 Å². The highest BCUT2D eigenvalue weighted by Crippen LogP contribution is 2.44. The lowest BCUT2D eigenvalue weighted by Gasteiger charge is -2.20. The Bertz CT molecular complexity index is 236. The zero-order chi connectivity index (χ0) is 11.3. The van der Waals surface area contributed by atoms with Crippen molar-refractivity contribution in [3.8, 4) is 0 Å². The molecule has 1 fully saturated rings.